The number of carbonyl (C=O) groups is 1. The molecule has 3 aromatic rings. The predicted octanol–water partition coefficient (Wildman–Crippen LogP) is 8.02. The van der Waals surface area contributed by atoms with Crippen LogP contribution in [0.4, 0.5) is 0 Å². The van der Waals surface area contributed by atoms with Gasteiger partial charge in [-0.25, -0.2) is 4.79 Å². The number of esters is 1. The van der Waals surface area contributed by atoms with Gasteiger partial charge in [0, 0.05) is 30.0 Å². The van der Waals surface area contributed by atoms with Crippen molar-refractivity contribution in [3.05, 3.63) is 60.7 Å². The molecule has 1 saturated carbocycles. The summed E-state index contributed by atoms with van der Waals surface area (Å²) in [5.41, 5.74) is 4.05. The van der Waals surface area contributed by atoms with Crippen LogP contribution in [0.2, 0.25) is 0 Å². The van der Waals surface area contributed by atoms with E-state index >= 15 is 0 Å². The van der Waals surface area contributed by atoms with Crippen molar-refractivity contribution < 1.29 is 23.7 Å². The molecule has 0 N–H and O–H groups in total. The van der Waals surface area contributed by atoms with Gasteiger partial charge in [-0.1, -0.05) is 60.7 Å². The van der Waals surface area contributed by atoms with Gasteiger partial charge in [0.05, 0.1) is 13.2 Å². The Labute approximate surface area is 267 Å². The molecule has 2 heterocycles. The summed E-state index contributed by atoms with van der Waals surface area (Å²) in [4.78, 5) is 12.0. The Morgan fingerprint density at radius 1 is 0.932 bits per heavy atom. The minimum absolute atomic E-state index is 0.0200. The van der Waals surface area contributed by atoms with E-state index in [1.165, 1.54) is 22.6 Å². The lowest BCUT2D eigenvalue weighted by atomic mass is 9.82. The minimum atomic E-state index is -0.486. The molecule has 2 fully saturated rings. The van der Waals surface area contributed by atoms with Crippen molar-refractivity contribution in [2.45, 2.75) is 89.2 Å². The van der Waals surface area contributed by atoms with E-state index in [2.05, 4.69) is 65.3 Å². The van der Waals surface area contributed by atoms with Crippen LogP contribution < -0.4 is 0 Å². The summed E-state index contributed by atoms with van der Waals surface area (Å²) in [5.74, 6) is 1.55. The third-order valence-corrected chi connectivity index (χ3v) is 9.23. The zero-order valence-corrected chi connectivity index (χ0v) is 27.4. The molecule has 1 unspecified atom stereocenters. The molecule has 0 amide bonds. The number of benzene rings is 2. The standard InChI is InChI=1S/C36H48N2O5S/c1-36(2,3)43-31(39)26-40-25-28-19-17-27(18-20-28)24-38-35(44-23-22-42-32-16-10-11-21-41-32)33(29-12-6-4-7-13-29)34(37-38)30-14-8-5-9-15-30/h4-9,12-15,27-28,32H,10-11,16-26H2,1-3H3/t27-,28-,32?. The Bertz CT molecular complexity index is 1290. The summed E-state index contributed by atoms with van der Waals surface area (Å²) in [5, 5.41) is 6.49. The van der Waals surface area contributed by atoms with Crippen molar-refractivity contribution >= 4 is 17.7 Å². The maximum atomic E-state index is 12.0. The van der Waals surface area contributed by atoms with Crippen LogP contribution in [-0.2, 0) is 30.3 Å². The highest BCUT2D eigenvalue weighted by Gasteiger charge is 2.27. The summed E-state index contributed by atoms with van der Waals surface area (Å²) in [6.07, 6.45) is 7.61. The van der Waals surface area contributed by atoms with Crippen LogP contribution in [0.15, 0.2) is 65.7 Å². The highest BCUT2D eigenvalue weighted by molar-refractivity contribution is 7.99. The van der Waals surface area contributed by atoms with Crippen LogP contribution in [0.3, 0.4) is 0 Å². The summed E-state index contributed by atoms with van der Waals surface area (Å²) < 4.78 is 25.3. The average Bonchev–Trinajstić information content (AvgIpc) is 3.38. The van der Waals surface area contributed by atoms with E-state index in [0.717, 1.165) is 68.7 Å². The molecule has 0 spiro atoms. The maximum Gasteiger partial charge on any atom is 0.332 e. The van der Waals surface area contributed by atoms with Gasteiger partial charge < -0.3 is 18.9 Å². The van der Waals surface area contributed by atoms with Crippen molar-refractivity contribution in [3.8, 4) is 22.4 Å². The fraction of sp³-hybridized carbons (Fsp3) is 0.556. The first-order valence-corrected chi connectivity index (χ1v) is 17.2. The molecule has 2 aliphatic rings. The molecule has 0 radical (unpaired) electrons. The first-order chi connectivity index (χ1) is 21.4. The number of hydrogen-bond donors (Lipinski definition) is 0. The predicted molar refractivity (Wildman–Crippen MR) is 175 cm³/mol. The van der Waals surface area contributed by atoms with E-state index in [0.29, 0.717) is 25.0 Å². The topological polar surface area (TPSA) is 71.8 Å². The summed E-state index contributed by atoms with van der Waals surface area (Å²) in [6.45, 7) is 8.57. The number of ether oxygens (including phenoxy) is 4. The fourth-order valence-corrected chi connectivity index (χ4v) is 7.04. The van der Waals surface area contributed by atoms with Crippen LogP contribution in [0, 0.1) is 11.8 Å². The van der Waals surface area contributed by atoms with Crippen molar-refractivity contribution in [2.75, 3.05) is 32.2 Å². The molecule has 5 rings (SSSR count). The smallest absolute Gasteiger partial charge is 0.332 e. The Balaban J connectivity index is 1.27. The second-order valence-electron chi connectivity index (χ2n) is 12.9. The second-order valence-corrected chi connectivity index (χ2v) is 14.0. The lowest BCUT2D eigenvalue weighted by Crippen LogP contribution is -2.28. The maximum absolute atomic E-state index is 12.0. The van der Waals surface area contributed by atoms with Crippen molar-refractivity contribution in [2.24, 2.45) is 11.8 Å². The molecule has 1 saturated heterocycles. The van der Waals surface area contributed by atoms with Gasteiger partial charge in [0.1, 0.15) is 22.9 Å². The fourth-order valence-electron chi connectivity index (χ4n) is 6.05. The van der Waals surface area contributed by atoms with Gasteiger partial charge in [-0.3, -0.25) is 4.68 Å². The van der Waals surface area contributed by atoms with Gasteiger partial charge >= 0.3 is 5.97 Å². The molecule has 7 nitrogen and oxygen atoms in total. The van der Waals surface area contributed by atoms with Gasteiger partial charge in [-0.05, 0) is 83.1 Å². The van der Waals surface area contributed by atoms with Crippen LogP contribution in [0.25, 0.3) is 22.4 Å². The molecule has 0 bridgehead atoms. The second kappa shape index (κ2) is 16.1. The Morgan fingerprint density at radius 2 is 1.61 bits per heavy atom. The number of nitrogens with zero attached hydrogens (tertiary/aromatic N) is 2. The lowest BCUT2D eigenvalue weighted by Gasteiger charge is -2.29. The number of hydrogen-bond acceptors (Lipinski definition) is 7. The van der Waals surface area contributed by atoms with E-state index in [1.54, 1.807) is 0 Å². The van der Waals surface area contributed by atoms with Gasteiger partial charge in [0.25, 0.3) is 0 Å². The van der Waals surface area contributed by atoms with Crippen molar-refractivity contribution in [1.29, 1.82) is 0 Å². The first kappa shape index (κ1) is 32.7. The summed E-state index contributed by atoms with van der Waals surface area (Å²) in [7, 11) is 0. The third kappa shape index (κ3) is 9.67. The Hall–Kier alpha value is -2.65. The highest BCUT2D eigenvalue weighted by Crippen LogP contribution is 2.41. The quantitative estimate of drug-likeness (QED) is 0.109. The first-order valence-electron chi connectivity index (χ1n) is 16.2. The van der Waals surface area contributed by atoms with Crippen LogP contribution in [-0.4, -0.2) is 59.8 Å². The molecule has 1 aliphatic heterocycles. The SMILES string of the molecule is CC(C)(C)OC(=O)COC[C@H]1CC[C@H](Cn2nc(-c3ccccc3)c(-c3ccccc3)c2SCCOC2CCCCO2)CC1. The molecular weight excluding hydrogens is 572 g/mol. The van der Waals surface area contributed by atoms with Crippen LogP contribution >= 0.6 is 11.8 Å². The molecule has 8 heteroatoms. The van der Waals surface area contributed by atoms with E-state index < -0.39 is 5.60 Å². The van der Waals surface area contributed by atoms with Gasteiger partial charge in [-0.2, -0.15) is 5.10 Å². The largest absolute Gasteiger partial charge is 0.458 e. The van der Waals surface area contributed by atoms with Gasteiger partial charge in [0.2, 0.25) is 0 Å². The van der Waals surface area contributed by atoms with Crippen LogP contribution in [0.1, 0.15) is 65.7 Å². The number of aromatic nitrogens is 2. The average molecular weight is 621 g/mol. The molecule has 44 heavy (non-hydrogen) atoms. The van der Waals surface area contributed by atoms with E-state index in [-0.39, 0.29) is 18.9 Å². The van der Waals surface area contributed by atoms with Gasteiger partial charge in [0.15, 0.2) is 6.29 Å². The summed E-state index contributed by atoms with van der Waals surface area (Å²) in [6, 6.07) is 21.2. The van der Waals surface area contributed by atoms with Crippen LogP contribution in [0.5, 0.6) is 0 Å². The van der Waals surface area contributed by atoms with E-state index in [4.69, 9.17) is 24.0 Å². The molecule has 2 aromatic carbocycles. The number of carbonyl (C=O) groups excluding carboxylic acids is 1. The molecular formula is C36H48N2O5S. The molecule has 1 atom stereocenters. The normalized spacial score (nSPS) is 20.8. The zero-order chi connectivity index (χ0) is 30.8. The number of rotatable bonds is 13. The number of thioether (sulfide) groups is 1. The Morgan fingerprint density at radius 3 is 2.27 bits per heavy atom. The minimum Gasteiger partial charge on any atom is -0.458 e. The monoisotopic (exact) mass is 620 g/mol. The third-order valence-electron chi connectivity index (χ3n) is 8.17. The van der Waals surface area contributed by atoms with E-state index in [1.807, 2.05) is 32.5 Å². The Kier molecular flexibility index (Phi) is 12.0. The van der Waals surface area contributed by atoms with E-state index in [9.17, 15) is 4.79 Å². The van der Waals surface area contributed by atoms with Gasteiger partial charge in [-0.15, -0.1) is 11.8 Å². The summed E-state index contributed by atoms with van der Waals surface area (Å²) >= 11 is 1.84. The van der Waals surface area contributed by atoms with Crippen molar-refractivity contribution in [3.63, 3.8) is 0 Å². The molecule has 1 aliphatic carbocycles. The lowest BCUT2D eigenvalue weighted by molar-refractivity contribution is -0.160. The van der Waals surface area contributed by atoms with Crippen molar-refractivity contribution in [1.82, 2.24) is 9.78 Å². The molecule has 1 aromatic heterocycles. The molecule has 238 valence electrons. The zero-order valence-electron chi connectivity index (χ0n) is 26.5. The highest BCUT2D eigenvalue weighted by atomic mass is 32.2.